The Morgan fingerprint density at radius 1 is 1.06 bits per heavy atom. The summed E-state index contributed by atoms with van der Waals surface area (Å²) in [6.45, 7) is 0.486. The molecule has 4 heterocycles. The highest BCUT2D eigenvalue weighted by atomic mass is 32.1. The van der Waals surface area contributed by atoms with Crippen LogP contribution >= 0.6 is 11.3 Å². The number of aromatic nitrogens is 7. The molecule has 0 N–H and O–H groups in total. The first-order valence-electron chi connectivity index (χ1n) is 9.12. The van der Waals surface area contributed by atoms with Crippen LogP contribution in [0.25, 0.3) is 21.8 Å². The number of pyridine rings is 1. The lowest BCUT2D eigenvalue weighted by molar-refractivity contribution is -0.154. The minimum atomic E-state index is -4.49. The van der Waals surface area contributed by atoms with Crippen molar-refractivity contribution in [1.82, 2.24) is 34.9 Å². The lowest BCUT2D eigenvalue weighted by Gasteiger charge is -2.08. The number of hydrogen-bond donors (Lipinski definition) is 0. The summed E-state index contributed by atoms with van der Waals surface area (Å²) in [5, 5.41) is 13.8. The third-order valence-electron chi connectivity index (χ3n) is 4.05. The molecule has 0 spiro atoms. The molecular weight excluding hydrogens is 447 g/mol. The van der Waals surface area contributed by atoms with Crippen LogP contribution in [0.5, 0.6) is 6.01 Å². The molecule has 0 unspecified atom stereocenters. The van der Waals surface area contributed by atoms with E-state index in [9.17, 15) is 18.0 Å². The standard InChI is InChI=1S/C19H14F3N7O2S/c1-11-6-12(4-5-23-11)17-27-26-15(32-17)9-29-16(30)3-2-14(28-29)13-7-24-18(25-8-13)31-10-19(20,21)22/h2-8H,9-10H2,1H3. The van der Waals surface area contributed by atoms with Gasteiger partial charge in [-0.3, -0.25) is 9.78 Å². The van der Waals surface area contributed by atoms with E-state index in [0.29, 0.717) is 21.3 Å². The van der Waals surface area contributed by atoms with Crippen LogP contribution in [0.4, 0.5) is 13.2 Å². The summed E-state index contributed by atoms with van der Waals surface area (Å²) in [6.07, 6.45) is -0.266. The average Bonchev–Trinajstić information content (AvgIpc) is 3.22. The van der Waals surface area contributed by atoms with Crippen LogP contribution < -0.4 is 10.3 Å². The molecule has 4 rings (SSSR count). The van der Waals surface area contributed by atoms with Crippen LogP contribution in [0.2, 0.25) is 0 Å². The molecule has 0 aliphatic heterocycles. The fourth-order valence-corrected chi connectivity index (χ4v) is 3.44. The molecular formula is C19H14F3N7O2S. The second-order valence-electron chi connectivity index (χ2n) is 6.56. The molecule has 0 aliphatic carbocycles. The smallest absolute Gasteiger partial charge is 0.422 e. The van der Waals surface area contributed by atoms with Gasteiger partial charge in [-0.2, -0.15) is 18.3 Å². The van der Waals surface area contributed by atoms with Gasteiger partial charge in [-0.1, -0.05) is 11.3 Å². The second-order valence-corrected chi connectivity index (χ2v) is 7.62. The third kappa shape index (κ3) is 5.29. The molecule has 32 heavy (non-hydrogen) atoms. The Labute approximate surface area is 182 Å². The van der Waals surface area contributed by atoms with Crippen LogP contribution in [0.1, 0.15) is 10.7 Å². The Hall–Kier alpha value is -3.74. The van der Waals surface area contributed by atoms with Gasteiger partial charge >= 0.3 is 12.2 Å². The fraction of sp³-hybridized carbons (Fsp3) is 0.211. The summed E-state index contributed by atoms with van der Waals surface area (Å²) in [5.41, 5.74) is 2.14. The highest BCUT2D eigenvalue weighted by Gasteiger charge is 2.28. The molecule has 0 radical (unpaired) electrons. The Morgan fingerprint density at radius 3 is 2.56 bits per heavy atom. The van der Waals surface area contributed by atoms with E-state index in [1.807, 2.05) is 19.1 Å². The zero-order chi connectivity index (χ0) is 22.7. The molecule has 0 bridgehead atoms. The van der Waals surface area contributed by atoms with Gasteiger partial charge in [0.15, 0.2) is 6.61 Å². The molecule has 0 saturated carbocycles. The largest absolute Gasteiger partial charge is 0.454 e. The quantitative estimate of drug-likeness (QED) is 0.431. The van der Waals surface area contributed by atoms with Gasteiger partial charge in [0.2, 0.25) is 0 Å². The summed E-state index contributed by atoms with van der Waals surface area (Å²) in [4.78, 5) is 23.9. The van der Waals surface area contributed by atoms with Crippen molar-refractivity contribution in [3.05, 3.63) is 63.9 Å². The molecule has 164 valence electrons. The number of halogens is 3. The summed E-state index contributed by atoms with van der Waals surface area (Å²) < 4.78 is 42.4. The second kappa shape index (κ2) is 8.78. The SMILES string of the molecule is Cc1cc(-c2nnc(Cn3nc(-c4cnc(OCC(F)(F)F)nc4)ccc3=O)s2)ccn1. The van der Waals surface area contributed by atoms with E-state index in [1.54, 1.807) is 6.20 Å². The Kier molecular flexibility index (Phi) is 5.90. The van der Waals surface area contributed by atoms with Crippen molar-refractivity contribution < 1.29 is 17.9 Å². The van der Waals surface area contributed by atoms with E-state index in [0.717, 1.165) is 11.3 Å². The molecule has 4 aromatic rings. The van der Waals surface area contributed by atoms with Gasteiger partial charge in [0.25, 0.3) is 5.56 Å². The molecule has 0 atom stereocenters. The van der Waals surface area contributed by atoms with Crippen LogP contribution in [0, 0.1) is 6.92 Å². The molecule has 4 aromatic heterocycles. The number of rotatable bonds is 6. The van der Waals surface area contributed by atoms with Crippen LogP contribution in [0.15, 0.2) is 47.7 Å². The number of ether oxygens (including phenoxy) is 1. The molecule has 13 heteroatoms. The van der Waals surface area contributed by atoms with Crippen molar-refractivity contribution in [2.45, 2.75) is 19.6 Å². The van der Waals surface area contributed by atoms with Gasteiger partial charge in [-0.05, 0) is 25.1 Å². The number of nitrogens with zero attached hydrogens (tertiary/aromatic N) is 7. The van der Waals surface area contributed by atoms with E-state index < -0.39 is 18.8 Å². The van der Waals surface area contributed by atoms with Gasteiger partial charge in [-0.15, -0.1) is 10.2 Å². The van der Waals surface area contributed by atoms with Crippen molar-refractivity contribution in [2.75, 3.05) is 6.61 Å². The normalized spacial score (nSPS) is 11.5. The van der Waals surface area contributed by atoms with Crippen LogP contribution in [0.3, 0.4) is 0 Å². The van der Waals surface area contributed by atoms with Gasteiger partial charge in [-0.25, -0.2) is 14.6 Å². The minimum Gasteiger partial charge on any atom is -0.454 e. The first-order valence-corrected chi connectivity index (χ1v) is 9.94. The topological polar surface area (TPSA) is 109 Å². The zero-order valence-corrected chi connectivity index (χ0v) is 17.3. The maximum Gasteiger partial charge on any atom is 0.422 e. The third-order valence-corrected chi connectivity index (χ3v) is 5.01. The molecule has 0 aromatic carbocycles. The van der Waals surface area contributed by atoms with Crippen molar-refractivity contribution in [2.24, 2.45) is 0 Å². The summed E-state index contributed by atoms with van der Waals surface area (Å²) >= 11 is 1.33. The Morgan fingerprint density at radius 2 is 1.84 bits per heavy atom. The highest BCUT2D eigenvalue weighted by Crippen LogP contribution is 2.24. The predicted octanol–water partition coefficient (Wildman–Crippen LogP) is 2.91. The van der Waals surface area contributed by atoms with Gasteiger partial charge in [0, 0.05) is 41.5 Å². The highest BCUT2D eigenvalue weighted by molar-refractivity contribution is 7.14. The van der Waals surface area contributed by atoms with Crippen molar-refractivity contribution in [3.63, 3.8) is 0 Å². The first kappa shape index (κ1) is 21.5. The van der Waals surface area contributed by atoms with Crippen molar-refractivity contribution >= 4 is 11.3 Å². The molecule has 9 nitrogen and oxygen atoms in total. The average molecular weight is 461 g/mol. The van der Waals surface area contributed by atoms with Crippen LogP contribution in [-0.4, -0.2) is 47.7 Å². The van der Waals surface area contributed by atoms with Gasteiger partial charge in [0.05, 0.1) is 12.2 Å². The Balaban J connectivity index is 1.52. The van der Waals surface area contributed by atoms with E-state index in [4.69, 9.17) is 0 Å². The van der Waals surface area contributed by atoms with E-state index in [2.05, 4.69) is 35.0 Å². The lowest BCUT2D eigenvalue weighted by atomic mass is 10.2. The summed E-state index contributed by atoms with van der Waals surface area (Å²) in [6, 6.07) is 6.10. The molecule has 0 saturated heterocycles. The van der Waals surface area contributed by atoms with E-state index in [1.165, 1.54) is 40.5 Å². The van der Waals surface area contributed by atoms with E-state index >= 15 is 0 Å². The predicted molar refractivity (Wildman–Crippen MR) is 108 cm³/mol. The summed E-state index contributed by atoms with van der Waals surface area (Å²) in [7, 11) is 0. The molecule has 0 fully saturated rings. The van der Waals surface area contributed by atoms with E-state index in [-0.39, 0.29) is 12.1 Å². The zero-order valence-electron chi connectivity index (χ0n) is 16.4. The summed E-state index contributed by atoms with van der Waals surface area (Å²) in [5.74, 6) is 0. The number of aryl methyl sites for hydroxylation is 1. The maximum absolute atomic E-state index is 12.3. The van der Waals surface area contributed by atoms with Crippen molar-refractivity contribution in [1.29, 1.82) is 0 Å². The van der Waals surface area contributed by atoms with Gasteiger partial charge in [0.1, 0.15) is 10.0 Å². The van der Waals surface area contributed by atoms with Crippen LogP contribution in [-0.2, 0) is 6.54 Å². The number of alkyl halides is 3. The monoisotopic (exact) mass is 461 g/mol. The minimum absolute atomic E-state index is 0.0992. The molecule has 0 aliphatic rings. The number of hydrogen-bond acceptors (Lipinski definition) is 9. The van der Waals surface area contributed by atoms with Crippen molar-refractivity contribution in [3.8, 4) is 27.8 Å². The molecule has 0 amide bonds. The van der Waals surface area contributed by atoms with Gasteiger partial charge < -0.3 is 4.74 Å². The first-order chi connectivity index (χ1) is 15.3. The maximum atomic E-state index is 12.3. The fourth-order valence-electron chi connectivity index (χ4n) is 2.63. The lowest BCUT2D eigenvalue weighted by Crippen LogP contribution is -2.22. The Bertz CT molecular complexity index is 1290.